The lowest BCUT2D eigenvalue weighted by Gasteiger charge is -2.12. The summed E-state index contributed by atoms with van der Waals surface area (Å²) in [7, 11) is 0. The average molecular weight is 205 g/mol. The number of hydrogen-bond acceptors (Lipinski definition) is 3. The highest BCUT2D eigenvalue weighted by Crippen LogP contribution is 2.14. The van der Waals surface area contributed by atoms with Crippen LogP contribution in [0.15, 0.2) is 24.3 Å². The van der Waals surface area contributed by atoms with E-state index in [4.69, 9.17) is 5.11 Å². The molecule has 80 valence electrons. The van der Waals surface area contributed by atoms with Crippen molar-refractivity contribution in [2.75, 3.05) is 11.9 Å². The van der Waals surface area contributed by atoms with Gasteiger partial charge in [0.15, 0.2) is 0 Å². The molecule has 1 aromatic carbocycles. The van der Waals surface area contributed by atoms with Gasteiger partial charge in [0.2, 0.25) is 5.95 Å². The van der Waals surface area contributed by atoms with Gasteiger partial charge in [-0.25, -0.2) is 4.98 Å². The van der Waals surface area contributed by atoms with Crippen LogP contribution in [0.3, 0.4) is 0 Å². The number of aromatic amines is 1. The Labute approximate surface area is 88.3 Å². The molecule has 2 rings (SSSR count). The predicted molar refractivity (Wildman–Crippen MR) is 60.9 cm³/mol. The van der Waals surface area contributed by atoms with Gasteiger partial charge in [0.05, 0.1) is 23.7 Å². The molecule has 0 unspecified atom stereocenters. The van der Waals surface area contributed by atoms with Crippen LogP contribution < -0.4 is 5.32 Å². The van der Waals surface area contributed by atoms with Crippen molar-refractivity contribution in [3.63, 3.8) is 0 Å². The molecular weight excluding hydrogens is 190 g/mol. The lowest BCUT2D eigenvalue weighted by atomic mass is 10.2. The molecule has 0 aliphatic heterocycles. The Kier molecular flexibility index (Phi) is 2.87. The number of para-hydroxylation sites is 2. The summed E-state index contributed by atoms with van der Waals surface area (Å²) in [6.07, 6.45) is 0.869. The van der Waals surface area contributed by atoms with Crippen molar-refractivity contribution >= 4 is 17.0 Å². The highest BCUT2D eigenvalue weighted by atomic mass is 16.3. The van der Waals surface area contributed by atoms with E-state index in [1.165, 1.54) is 0 Å². The molecule has 15 heavy (non-hydrogen) atoms. The number of hydrogen-bond donors (Lipinski definition) is 3. The lowest BCUT2D eigenvalue weighted by molar-refractivity contribution is 0.271. The highest BCUT2D eigenvalue weighted by Gasteiger charge is 2.07. The van der Waals surface area contributed by atoms with E-state index in [1.807, 2.05) is 31.2 Å². The number of imidazole rings is 1. The van der Waals surface area contributed by atoms with Gasteiger partial charge in [0.25, 0.3) is 0 Å². The summed E-state index contributed by atoms with van der Waals surface area (Å²) in [5.41, 5.74) is 1.94. The van der Waals surface area contributed by atoms with E-state index < -0.39 is 0 Å². The van der Waals surface area contributed by atoms with Crippen LogP contribution in [0.4, 0.5) is 5.95 Å². The Hall–Kier alpha value is -1.55. The minimum Gasteiger partial charge on any atom is -0.394 e. The maximum absolute atomic E-state index is 9.06. The summed E-state index contributed by atoms with van der Waals surface area (Å²) in [6, 6.07) is 7.92. The van der Waals surface area contributed by atoms with Crippen LogP contribution in [0, 0.1) is 0 Å². The van der Waals surface area contributed by atoms with E-state index in [9.17, 15) is 0 Å². The monoisotopic (exact) mass is 205 g/mol. The zero-order chi connectivity index (χ0) is 10.7. The topological polar surface area (TPSA) is 60.9 Å². The minimum atomic E-state index is 0.0607. The number of nitrogens with one attached hydrogen (secondary N) is 2. The number of anilines is 1. The van der Waals surface area contributed by atoms with E-state index in [1.54, 1.807) is 0 Å². The summed E-state index contributed by atoms with van der Waals surface area (Å²) >= 11 is 0. The smallest absolute Gasteiger partial charge is 0.201 e. The molecule has 0 bridgehead atoms. The number of aliphatic hydroxyl groups is 1. The Morgan fingerprint density at radius 3 is 2.93 bits per heavy atom. The number of fused-ring (bicyclic) bond motifs is 1. The lowest BCUT2D eigenvalue weighted by Crippen LogP contribution is -2.23. The maximum Gasteiger partial charge on any atom is 0.201 e. The van der Waals surface area contributed by atoms with Crippen molar-refractivity contribution in [2.45, 2.75) is 19.4 Å². The van der Waals surface area contributed by atoms with Crippen LogP contribution >= 0.6 is 0 Å². The Morgan fingerprint density at radius 2 is 2.27 bits per heavy atom. The molecule has 1 heterocycles. The van der Waals surface area contributed by atoms with Crippen molar-refractivity contribution in [1.82, 2.24) is 9.97 Å². The molecule has 0 aliphatic rings. The van der Waals surface area contributed by atoms with Gasteiger partial charge in [-0.2, -0.15) is 0 Å². The second-order valence-electron chi connectivity index (χ2n) is 3.53. The molecule has 0 saturated heterocycles. The molecule has 4 heteroatoms. The van der Waals surface area contributed by atoms with Gasteiger partial charge >= 0.3 is 0 Å². The predicted octanol–water partition coefficient (Wildman–Crippen LogP) is 1.75. The first-order valence-corrected chi connectivity index (χ1v) is 5.15. The highest BCUT2D eigenvalue weighted by molar-refractivity contribution is 5.77. The molecule has 0 amide bonds. The summed E-state index contributed by atoms with van der Waals surface area (Å²) in [5.74, 6) is 0.720. The SMILES string of the molecule is CC[C@H](CO)Nc1nc2ccccc2[nH]1. The van der Waals surface area contributed by atoms with E-state index >= 15 is 0 Å². The summed E-state index contributed by atoms with van der Waals surface area (Å²) in [6.45, 7) is 2.14. The Balaban J connectivity index is 2.21. The number of aliphatic hydroxyl groups excluding tert-OH is 1. The zero-order valence-corrected chi connectivity index (χ0v) is 8.70. The molecule has 0 spiro atoms. The molecule has 3 N–H and O–H groups in total. The van der Waals surface area contributed by atoms with Crippen LogP contribution in [-0.4, -0.2) is 27.7 Å². The molecule has 0 radical (unpaired) electrons. The fourth-order valence-electron chi connectivity index (χ4n) is 1.49. The van der Waals surface area contributed by atoms with Gasteiger partial charge < -0.3 is 15.4 Å². The van der Waals surface area contributed by atoms with Gasteiger partial charge in [0, 0.05) is 0 Å². The van der Waals surface area contributed by atoms with Crippen molar-refractivity contribution in [1.29, 1.82) is 0 Å². The van der Waals surface area contributed by atoms with Crippen molar-refractivity contribution in [2.24, 2.45) is 0 Å². The molecule has 0 aliphatic carbocycles. The molecule has 0 saturated carbocycles. The normalized spacial score (nSPS) is 12.9. The van der Waals surface area contributed by atoms with E-state index in [-0.39, 0.29) is 12.6 Å². The third-order valence-electron chi connectivity index (χ3n) is 2.44. The molecular formula is C11H15N3O. The van der Waals surface area contributed by atoms with Crippen molar-refractivity contribution < 1.29 is 5.11 Å². The standard InChI is InChI=1S/C11H15N3O/c1-2-8(7-15)12-11-13-9-5-3-4-6-10(9)14-11/h3-6,8,15H,2,7H2,1H3,(H2,12,13,14)/t8-/m1/s1. The largest absolute Gasteiger partial charge is 0.394 e. The van der Waals surface area contributed by atoms with Crippen LogP contribution in [0.2, 0.25) is 0 Å². The number of aromatic nitrogens is 2. The van der Waals surface area contributed by atoms with E-state index in [0.29, 0.717) is 0 Å². The number of rotatable bonds is 4. The van der Waals surface area contributed by atoms with Crippen LogP contribution in [0.1, 0.15) is 13.3 Å². The van der Waals surface area contributed by atoms with Crippen LogP contribution in [0.25, 0.3) is 11.0 Å². The third kappa shape index (κ3) is 2.10. The Morgan fingerprint density at radius 1 is 1.47 bits per heavy atom. The molecule has 1 aromatic heterocycles. The van der Waals surface area contributed by atoms with Crippen molar-refractivity contribution in [3.8, 4) is 0 Å². The minimum absolute atomic E-state index is 0.0607. The first-order chi connectivity index (χ1) is 7.33. The molecule has 2 aromatic rings. The maximum atomic E-state index is 9.06. The van der Waals surface area contributed by atoms with Gasteiger partial charge in [-0.1, -0.05) is 19.1 Å². The van der Waals surface area contributed by atoms with Crippen LogP contribution in [0.5, 0.6) is 0 Å². The first-order valence-electron chi connectivity index (χ1n) is 5.15. The van der Waals surface area contributed by atoms with Crippen molar-refractivity contribution in [3.05, 3.63) is 24.3 Å². The average Bonchev–Trinajstić information content (AvgIpc) is 2.68. The van der Waals surface area contributed by atoms with Gasteiger partial charge in [-0.15, -0.1) is 0 Å². The van der Waals surface area contributed by atoms with E-state index in [0.717, 1.165) is 23.4 Å². The Bertz CT molecular complexity index is 401. The van der Waals surface area contributed by atoms with Gasteiger partial charge in [-0.3, -0.25) is 0 Å². The summed E-state index contributed by atoms with van der Waals surface area (Å²) in [5, 5.41) is 12.2. The summed E-state index contributed by atoms with van der Waals surface area (Å²) < 4.78 is 0. The van der Waals surface area contributed by atoms with Gasteiger partial charge in [0.1, 0.15) is 0 Å². The second-order valence-corrected chi connectivity index (χ2v) is 3.53. The number of nitrogens with zero attached hydrogens (tertiary/aromatic N) is 1. The second kappa shape index (κ2) is 4.31. The molecule has 0 fully saturated rings. The van der Waals surface area contributed by atoms with E-state index in [2.05, 4.69) is 15.3 Å². The fourth-order valence-corrected chi connectivity index (χ4v) is 1.49. The zero-order valence-electron chi connectivity index (χ0n) is 8.70. The fraction of sp³-hybridized carbons (Fsp3) is 0.364. The molecule has 1 atom stereocenters. The quantitative estimate of drug-likeness (QED) is 0.712. The summed E-state index contributed by atoms with van der Waals surface area (Å²) in [4.78, 5) is 7.53. The number of H-pyrrole nitrogens is 1. The first kappa shape index (κ1) is 9.98. The number of benzene rings is 1. The third-order valence-corrected chi connectivity index (χ3v) is 2.44. The molecule has 4 nitrogen and oxygen atoms in total. The van der Waals surface area contributed by atoms with Gasteiger partial charge in [-0.05, 0) is 18.6 Å². The van der Waals surface area contributed by atoms with Crippen LogP contribution in [-0.2, 0) is 0 Å².